The summed E-state index contributed by atoms with van der Waals surface area (Å²) >= 11 is 0. The molecule has 0 saturated heterocycles. The second-order valence-corrected chi connectivity index (χ2v) is 5.33. The predicted octanol–water partition coefficient (Wildman–Crippen LogP) is 0.319. The summed E-state index contributed by atoms with van der Waals surface area (Å²) in [6.07, 6.45) is 3.27. The molecule has 1 unspecified atom stereocenters. The Balaban J connectivity index is 2.24. The summed E-state index contributed by atoms with van der Waals surface area (Å²) in [7, 11) is 0. The molecule has 0 aromatic carbocycles. The lowest BCUT2D eigenvalue weighted by molar-refractivity contribution is -0.141. The molecule has 2 amide bonds. The van der Waals surface area contributed by atoms with Gasteiger partial charge in [0.25, 0.3) is 5.91 Å². The Morgan fingerprint density at radius 1 is 1.32 bits per heavy atom. The molecule has 0 aliphatic heterocycles. The number of hydrogen-bond acceptors (Lipinski definition) is 5. The first-order chi connectivity index (χ1) is 11.9. The van der Waals surface area contributed by atoms with Crippen molar-refractivity contribution in [2.24, 2.45) is 0 Å². The van der Waals surface area contributed by atoms with Crippen LogP contribution < -0.4 is 5.32 Å². The van der Waals surface area contributed by atoms with E-state index in [2.05, 4.69) is 15.4 Å². The molecule has 0 saturated carbocycles. The van der Waals surface area contributed by atoms with Gasteiger partial charge in [0, 0.05) is 32.4 Å². The van der Waals surface area contributed by atoms with Gasteiger partial charge in [-0.05, 0) is 25.1 Å². The van der Waals surface area contributed by atoms with Crippen LogP contribution in [-0.4, -0.2) is 61.7 Å². The van der Waals surface area contributed by atoms with E-state index in [1.807, 2.05) is 0 Å². The summed E-state index contributed by atoms with van der Waals surface area (Å²) < 4.78 is 1.50. The minimum atomic E-state index is -1.14. The first-order valence-corrected chi connectivity index (χ1v) is 7.65. The monoisotopic (exact) mass is 345 g/mol. The van der Waals surface area contributed by atoms with E-state index in [9.17, 15) is 19.5 Å². The molecule has 2 aromatic rings. The third kappa shape index (κ3) is 4.63. The number of hydrogen-bond donors (Lipinski definition) is 2. The first kappa shape index (κ1) is 18.1. The van der Waals surface area contributed by atoms with Crippen LogP contribution in [0.1, 0.15) is 24.3 Å². The van der Waals surface area contributed by atoms with E-state index in [1.165, 1.54) is 24.6 Å². The lowest BCUT2D eigenvalue weighted by Crippen LogP contribution is -2.47. The fraction of sp³-hybridized carbons (Fsp3) is 0.312. The second kappa shape index (κ2) is 8.04. The highest BCUT2D eigenvalue weighted by Gasteiger charge is 2.27. The lowest BCUT2D eigenvalue weighted by Gasteiger charge is -2.26. The van der Waals surface area contributed by atoms with Gasteiger partial charge < -0.3 is 15.3 Å². The fourth-order valence-electron chi connectivity index (χ4n) is 2.18. The molecule has 0 radical (unpaired) electrons. The van der Waals surface area contributed by atoms with Crippen LogP contribution in [0.4, 0.5) is 0 Å². The van der Waals surface area contributed by atoms with E-state index in [-0.39, 0.29) is 24.7 Å². The van der Waals surface area contributed by atoms with Gasteiger partial charge in [-0.1, -0.05) is 6.07 Å². The Labute approximate surface area is 144 Å². The Kier molecular flexibility index (Phi) is 5.83. The molecular formula is C16H19N5O4. The van der Waals surface area contributed by atoms with Gasteiger partial charge in [-0.25, -0.2) is 14.5 Å². The second-order valence-electron chi connectivity index (χ2n) is 5.33. The van der Waals surface area contributed by atoms with Crippen LogP contribution in [0.5, 0.6) is 0 Å². The highest BCUT2D eigenvalue weighted by molar-refractivity contribution is 5.95. The van der Waals surface area contributed by atoms with Crippen LogP contribution >= 0.6 is 0 Å². The average molecular weight is 345 g/mol. The Hall–Kier alpha value is -3.23. The van der Waals surface area contributed by atoms with Crippen LogP contribution in [-0.2, 0) is 9.59 Å². The summed E-state index contributed by atoms with van der Waals surface area (Å²) in [5, 5.41) is 15.8. The molecule has 132 valence electrons. The molecule has 2 N–H and O–H groups in total. The SMILES string of the molecule is CC(=O)NCCN(C(=O)c1cccc(-n2cccn2)n1)C(C)C(=O)O. The summed E-state index contributed by atoms with van der Waals surface area (Å²) in [5.74, 6) is -1.48. The van der Waals surface area contributed by atoms with Gasteiger partial charge in [0.2, 0.25) is 5.91 Å². The Morgan fingerprint density at radius 3 is 2.68 bits per heavy atom. The molecule has 0 fully saturated rings. The smallest absolute Gasteiger partial charge is 0.326 e. The van der Waals surface area contributed by atoms with Gasteiger partial charge in [-0.15, -0.1) is 0 Å². The topological polar surface area (TPSA) is 117 Å². The first-order valence-electron chi connectivity index (χ1n) is 7.65. The van der Waals surface area contributed by atoms with Gasteiger partial charge >= 0.3 is 5.97 Å². The van der Waals surface area contributed by atoms with Crippen molar-refractivity contribution in [2.45, 2.75) is 19.9 Å². The quantitative estimate of drug-likeness (QED) is 0.746. The van der Waals surface area contributed by atoms with Crippen molar-refractivity contribution in [3.8, 4) is 5.82 Å². The number of aliphatic carboxylic acids is 1. The van der Waals surface area contributed by atoms with E-state index >= 15 is 0 Å². The molecule has 2 heterocycles. The average Bonchev–Trinajstić information content (AvgIpc) is 3.12. The maximum atomic E-state index is 12.7. The Morgan fingerprint density at radius 2 is 2.08 bits per heavy atom. The van der Waals surface area contributed by atoms with Crippen molar-refractivity contribution in [1.82, 2.24) is 25.0 Å². The lowest BCUT2D eigenvalue weighted by atomic mass is 10.2. The predicted molar refractivity (Wildman–Crippen MR) is 88.2 cm³/mol. The summed E-state index contributed by atoms with van der Waals surface area (Å²) in [4.78, 5) is 40.5. The van der Waals surface area contributed by atoms with Crippen LogP contribution in [0.15, 0.2) is 36.7 Å². The van der Waals surface area contributed by atoms with Gasteiger partial charge in [-0.3, -0.25) is 9.59 Å². The van der Waals surface area contributed by atoms with E-state index in [4.69, 9.17) is 0 Å². The van der Waals surface area contributed by atoms with E-state index in [1.54, 1.807) is 30.6 Å². The number of nitrogens with zero attached hydrogens (tertiary/aromatic N) is 4. The molecule has 25 heavy (non-hydrogen) atoms. The minimum Gasteiger partial charge on any atom is -0.480 e. The number of carbonyl (C=O) groups is 3. The largest absolute Gasteiger partial charge is 0.480 e. The molecule has 9 nitrogen and oxygen atoms in total. The van der Waals surface area contributed by atoms with Crippen molar-refractivity contribution in [1.29, 1.82) is 0 Å². The van der Waals surface area contributed by atoms with Crippen molar-refractivity contribution >= 4 is 17.8 Å². The van der Waals surface area contributed by atoms with E-state index in [0.29, 0.717) is 5.82 Å². The number of rotatable bonds is 7. The van der Waals surface area contributed by atoms with Crippen molar-refractivity contribution in [3.05, 3.63) is 42.4 Å². The number of aromatic nitrogens is 3. The van der Waals surface area contributed by atoms with Crippen LogP contribution in [0.3, 0.4) is 0 Å². The number of carbonyl (C=O) groups excluding carboxylic acids is 2. The van der Waals surface area contributed by atoms with Gasteiger partial charge in [-0.2, -0.15) is 5.10 Å². The summed E-state index contributed by atoms with van der Waals surface area (Å²) in [6, 6.07) is 5.51. The number of nitrogens with one attached hydrogen (secondary N) is 1. The van der Waals surface area contributed by atoms with Crippen molar-refractivity contribution in [3.63, 3.8) is 0 Å². The highest BCUT2D eigenvalue weighted by Crippen LogP contribution is 2.10. The third-order valence-corrected chi connectivity index (χ3v) is 3.51. The maximum absolute atomic E-state index is 12.7. The van der Waals surface area contributed by atoms with Crippen LogP contribution in [0.2, 0.25) is 0 Å². The summed E-state index contributed by atoms with van der Waals surface area (Å²) in [6.45, 7) is 2.96. The molecular weight excluding hydrogens is 326 g/mol. The molecule has 0 bridgehead atoms. The highest BCUT2D eigenvalue weighted by atomic mass is 16.4. The zero-order chi connectivity index (χ0) is 18.4. The van der Waals surface area contributed by atoms with Crippen molar-refractivity contribution < 1.29 is 19.5 Å². The van der Waals surface area contributed by atoms with Crippen molar-refractivity contribution in [2.75, 3.05) is 13.1 Å². The molecule has 9 heteroatoms. The van der Waals surface area contributed by atoms with Crippen LogP contribution in [0, 0.1) is 0 Å². The fourth-order valence-corrected chi connectivity index (χ4v) is 2.18. The van der Waals surface area contributed by atoms with Gasteiger partial charge in [0.15, 0.2) is 5.82 Å². The molecule has 0 aliphatic carbocycles. The number of carboxylic acids is 1. The zero-order valence-electron chi connectivity index (χ0n) is 13.9. The minimum absolute atomic E-state index is 0.0551. The van der Waals surface area contributed by atoms with E-state index in [0.717, 1.165) is 4.90 Å². The normalized spacial score (nSPS) is 11.6. The molecule has 0 aliphatic rings. The molecule has 0 spiro atoms. The summed E-state index contributed by atoms with van der Waals surface area (Å²) in [5.41, 5.74) is 0.101. The molecule has 2 rings (SSSR count). The molecule has 1 atom stereocenters. The zero-order valence-corrected chi connectivity index (χ0v) is 13.9. The number of carboxylic acid groups (broad SMARTS) is 1. The maximum Gasteiger partial charge on any atom is 0.326 e. The standard InChI is InChI=1S/C16H19N5O4/c1-11(16(24)25)20(10-8-17-12(2)22)15(23)13-5-3-6-14(19-13)21-9-4-7-18-21/h3-7,9,11H,8,10H2,1-2H3,(H,17,22)(H,24,25). The number of amides is 2. The Bertz CT molecular complexity index is 760. The van der Waals surface area contributed by atoms with Gasteiger partial charge in [0.05, 0.1) is 0 Å². The van der Waals surface area contributed by atoms with E-state index < -0.39 is 17.9 Å². The third-order valence-electron chi connectivity index (χ3n) is 3.51. The van der Waals surface area contributed by atoms with Crippen LogP contribution in [0.25, 0.3) is 5.82 Å². The number of pyridine rings is 1. The molecule has 2 aromatic heterocycles. The van der Waals surface area contributed by atoms with Gasteiger partial charge in [0.1, 0.15) is 11.7 Å².